The lowest BCUT2D eigenvalue weighted by Gasteiger charge is -2.29. The molecule has 0 amide bonds. The van der Waals surface area contributed by atoms with Gasteiger partial charge in [0.2, 0.25) is 0 Å². The maximum absolute atomic E-state index is 11.8. The maximum Gasteiger partial charge on any atom is 0.330 e. The second-order valence-electron chi connectivity index (χ2n) is 6.14. The van der Waals surface area contributed by atoms with Crippen molar-refractivity contribution in [2.24, 2.45) is 5.41 Å². The lowest BCUT2D eigenvalue weighted by molar-refractivity contribution is -0.159. The van der Waals surface area contributed by atoms with Crippen molar-refractivity contribution in [2.75, 3.05) is 26.4 Å². The predicted octanol–water partition coefficient (Wildman–Crippen LogP) is 2.99. The highest BCUT2D eigenvalue weighted by Crippen LogP contribution is 2.20. The highest BCUT2D eigenvalue weighted by molar-refractivity contribution is 5.83. The number of aliphatic hydroxyl groups is 1. The quantitative estimate of drug-likeness (QED) is 0.212. The summed E-state index contributed by atoms with van der Waals surface area (Å²) in [7, 11) is 0. The molecule has 1 N–H and O–H groups in total. The molecule has 0 atom stereocenters. The lowest BCUT2D eigenvalue weighted by atomic mass is 9.92. The first kappa shape index (κ1) is 26.8. The number of rotatable bonds is 13. The van der Waals surface area contributed by atoms with E-state index in [2.05, 4.69) is 0 Å². The van der Waals surface area contributed by atoms with Crippen molar-refractivity contribution < 1.29 is 33.7 Å². The SMILES string of the molecule is CC=CC=CC(=O)OCC(CO)(COC(=O)C=CC=CC)COC(=O)C=CC=CC. The number of ether oxygens (including phenoxy) is 3. The van der Waals surface area contributed by atoms with Crippen molar-refractivity contribution in [2.45, 2.75) is 20.8 Å². The minimum atomic E-state index is -1.31. The maximum atomic E-state index is 11.8. The van der Waals surface area contributed by atoms with Crippen LogP contribution >= 0.6 is 0 Å². The highest BCUT2D eigenvalue weighted by atomic mass is 16.6. The summed E-state index contributed by atoms with van der Waals surface area (Å²) in [4.78, 5) is 35.5. The second kappa shape index (κ2) is 16.7. The lowest BCUT2D eigenvalue weighted by Crippen LogP contribution is -2.42. The zero-order chi connectivity index (χ0) is 22.7. The van der Waals surface area contributed by atoms with Gasteiger partial charge >= 0.3 is 17.9 Å². The number of hydrogen-bond donors (Lipinski definition) is 1. The van der Waals surface area contributed by atoms with Crippen LogP contribution in [0.15, 0.2) is 72.9 Å². The summed E-state index contributed by atoms with van der Waals surface area (Å²) < 4.78 is 15.4. The van der Waals surface area contributed by atoms with Gasteiger partial charge in [0.15, 0.2) is 0 Å². The van der Waals surface area contributed by atoms with Crippen molar-refractivity contribution in [3.05, 3.63) is 72.9 Å². The number of aliphatic hydroxyl groups excluding tert-OH is 1. The molecule has 7 nitrogen and oxygen atoms in total. The first-order valence-electron chi connectivity index (χ1n) is 9.42. The molecule has 164 valence electrons. The van der Waals surface area contributed by atoms with E-state index in [1.165, 1.54) is 36.5 Å². The topological polar surface area (TPSA) is 99.1 Å². The molecule has 0 aromatic rings. The van der Waals surface area contributed by atoms with E-state index in [4.69, 9.17) is 14.2 Å². The Bertz CT molecular complexity index is 616. The van der Waals surface area contributed by atoms with Crippen LogP contribution in [0.4, 0.5) is 0 Å². The fourth-order valence-electron chi connectivity index (χ4n) is 1.81. The zero-order valence-corrected chi connectivity index (χ0v) is 17.7. The van der Waals surface area contributed by atoms with Gasteiger partial charge in [-0.3, -0.25) is 0 Å². The summed E-state index contributed by atoms with van der Waals surface area (Å²) in [5.74, 6) is -1.95. The molecule has 0 aliphatic carbocycles. The average Bonchev–Trinajstić information content (AvgIpc) is 2.74. The summed E-state index contributed by atoms with van der Waals surface area (Å²) in [5, 5.41) is 9.90. The molecule has 0 saturated carbocycles. The summed E-state index contributed by atoms with van der Waals surface area (Å²) in [6, 6.07) is 0. The van der Waals surface area contributed by atoms with Gasteiger partial charge in [0.05, 0.1) is 12.0 Å². The molecule has 0 aromatic carbocycles. The Morgan fingerprint density at radius 1 is 0.633 bits per heavy atom. The second-order valence-corrected chi connectivity index (χ2v) is 6.14. The number of carbonyl (C=O) groups is 3. The fraction of sp³-hybridized carbons (Fsp3) is 0.348. The minimum Gasteiger partial charge on any atom is -0.462 e. The Hall–Kier alpha value is -3.19. The van der Waals surface area contributed by atoms with E-state index in [0.29, 0.717) is 0 Å². The number of esters is 3. The molecular weight excluding hydrogens is 388 g/mol. The standard InChI is InChI=1S/C23H30O7/c1-4-7-10-13-20(25)28-17-23(16-24,18-29-21(26)14-11-8-5-2)19-30-22(27)15-12-9-6-3/h4-15,24H,16-19H2,1-3H3. The van der Waals surface area contributed by atoms with Gasteiger partial charge in [-0.2, -0.15) is 0 Å². The van der Waals surface area contributed by atoms with Crippen LogP contribution in [0.5, 0.6) is 0 Å². The summed E-state index contributed by atoms with van der Waals surface area (Å²) in [5.41, 5.74) is -1.31. The van der Waals surface area contributed by atoms with Crippen LogP contribution in [0, 0.1) is 5.41 Å². The molecule has 0 unspecified atom stereocenters. The van der Waals surface area contributed by atoms with Gasteiger partial charge in [0, 0.05) is 18.2 Å². The number of allylic oxidation sites excluding steroid dienone is 9. The van der Waals surface area contributed by atoms with Gasteiger partial charge in [-0.1, -0.05) is 54.7 Å². The van der Waals surface area contributed by atoms with Gasteiger partial charge in [-0.25, -0.2) is 14.4 Å². The normalized spacial score (nSPS) is 14.4. The van der Waals surface area contributed by atoms with Crippen LogP contribution in [0.25, 0.3) is 0 Å². The Kier molecular flexibility index (Phi) is 15.0. The molecule has 0 aliphatic heterocycles. The molecule has 0 spiro atoms. The largest absolute Gasteiger partial charge is 0.462 e. The van der Waals surface area contributed by atoms with Crippen molar-refractivity contribution in [3.8, 4) is 0 Å². The van der Waals surface area contributed by atoms with Gasteiger partial charge in [-0.05, 0) is 20.8 Å². The van der Waals surface area contributed by atoms with Gasteiger partial charge in [0.25, 0.3) is 0 Å². The van der Waals surface area contributed by atoms with Crippen LogP contribution in [-0.2, 0) is 28.6 Å². The third kappa shape index (κ3) is 13.1. The van der Waals surface area contributed by atoms with E-state index in [1.54, 1.807) is 57.2 Å². The Labute approximate surface area is 177 Å². The number of carbonyl (C=O) groups excluding carboxylic acids is 3. The highest BCUT2D eigenvalue weighted by Gasteiger charge is 2.35. The van der Waals surface area contributed by atoms with Crippen LogP contribution in [-0.4, -0.2) is 49.4 Å². The number of hydrogen-bond acceptors (Lipinski definition) is 7. The molecule has 0 fully saturated rings. The molecule has 0 heterocycles. The molecule has 0 rings (SSSR count). The third-order valence-electron chi connectivity index (χ3n) is 3.50. The van der Waals surface area contributed by atoms with Crippen molar-refractivity contribution >= 4 is 17.9 Å². The molecule has 0 aliphatic rings. The van der Waals surface area contributed by atoms with Crippen LogP contribution in [0.1, 0.15) is 20.8 Å². The van der Waals surface area contributed by atoms with Crippen LogP contribution in [0.2, 0.25) is 0 Å². The van der Waals surface area contributed by atoms with E-state index >= 15 is 0 Å². The molecular formula is C23H30O7. The van der Waals surface area contributed by atoms with Crippen molar-refractivity contribution in [1.82, 2.24) is 0 Å². The molecule has 0 saturated heterocycles. The Morgan fingerprint density at radius 2 is 0.933 bits per heavy atom. The van der Waals surface area contributed by atoms with E-state index in [-0.39, 0.29) is 19.8 Å². The average molecular weight is 418 g/mol. The first-order chi connectivity index (χ1) is 14.4. The van der Waals surface area contributed by atoms with Gasteiger partial charge < -0.3 is 19.3 Å². The van der Waals surface area contributed by atoms with Crippen LogP contribution < -0.4 is 0 Å². The summed E-state index contributed by atoms with van der Waals surface area (Å²) in [6.45, 7) is 3.89. The Morgan fingerprint density at radius 3 is 1.17 bits per heavy atom. The molecule has 0 bridgehead atoms. The van der Waals surface area contributed by atoms with Crippen LogP contribution in [0.3, 0.4) is 0 Å². The van der Waals surface area contributed by atoms with Gasteiger partial charge in [0.1, 0.15) is 19.8 Å². The molecule has 7 heteroatoms. The van der Waals surface area contributed by atoms with E-state index in [0.717, 1.165) is 0 Å². The predicted molar refractivity (Wildman–Crippen MR) is 114 cm³/mol. The summed E-state index contributed by atoms with van der Waals surface area (Å²) in [6.07, 6.45) is 18.3. The minimum absolute atomic E-state index is 0.319. The van der Waals surface area contributed by atoms with E-state index in [9.17, 15) is 19.5 Å². The van der Waals surface area contributed by atoms with Crippen molar-refractivity contribution in [3.63, 3.8) is 0 Å². The van der Waals surface area contributed by atoms with Gasteiger partial charge in [-0.15, -0.1) is 0 Å². The van der Waals surface area contributed by atoms with E-state index in [1.807, 2.05) is 0 Å². The molecule has 30 heavy (non-hydrogen) atoms. The fourth-order valence-corrected chi connectivity index (χ4v) is 1.81. The molecule has 0 radical (unpaired) electrons. The molecule has 0 aromatic heterocycles. The third-order valence-corrected chi connectivity index (χ3v) is 3.50. The first-order valence-corrected chi connectivity index (χ1v) is 9.42. The van der Waals surface area contributed by atoms with E-state index < -0.39 is 29.9 Å². The van der Waals surface area contributed by atoms with Crippen molar-refractivity contribution in [1.29, 1.82) is 0 Å². The summed E-state index contributed by atoms with van der Waals surface area (Å²) >= 11 is 0. The Balaban J connectivity index is 5.18. The smallest absolute Gasteiger partial charge is 0.330 e. The zero-order valence-electron chi connectivity index (χ0n) is 17.7. The monoisotopic (exact) mass is 418 g/mol.